The minimum Gasteiger partial charge on any atom is -0.497 e. The van der Waals surface area contributed by atoms with E-state index in [1.165, 1.54) is 11.3 Å². The topological polar surface area (TPSA) is 88.4 Å². The molecule has 1 aromatic heterocycles. The molecule has 39 heavy (non-hydrogen) atoms. The molecule has 206 valence electrons. The van der Waals surface area contributed by atoms with E-state index in [1.807, 2.05) is 19.1 Å². The molecule has 0 amide bonds. The molecular weight excluding hydrogens is 652 g/mol. The van der Waals surface area contributed by atoms with Gasteiger partial charge in [0.15, 0.2) is 4.80 Å². The van der Waals surface area contributed by atoms with E-state index in [9.17, 15) is 9.59 Å². The summed E-state index contributed by atoms with van der Waals surface area (Å²) in [6, 6.07) is 8.22. The van der Waals surface area contributed by atoms with Crippen LogP contribution in [0.15, 0.2) is 60.3 Å². The van der Waals surface area contributed by atoms with Gasteiger partial charge in [0.1, 0.15) is 23.3 Å². The first-order valence-electron chi connectivity index (χ1n) is 12.2. The first-order valence-corrected chi connectivity index (χ1v) is 14.6. The highest BCUT2D eigenvalue weighted by Crippen LogP contribution is 2.39. The number of benzene rings is 2. The highest BCUT2D eigenvalue weighted by Gasteiger charge is 2.36. The second-order valence-electron chi connectivity index (χ2n) is 8.53. The Hall–Kier alpha value is -2.89. The van der Waals surface area contributed by atoms with Crippen LogP contribution in [-0.2, 0) is 9.53 Å². The number of carbonyl (C=O) groups excluding carboxylic acids is 1. The number of esters is 1. The summed E-state index contributed by atoms with van der Waals surface area (Å²) in [5.41, 5.74) is 1.90. The van der Waals surface area contributed by atoms with E-state index in [4.69, 9.17) is 23.9 Å². The van der Waals surface area contributed by atoms with E-state index >= 15 is 0 Å². The van der Waals surface area contributed by atoms with Crippen molar-refractivity contribution in [2.24, 2.45) is 4.99 Å². The monoisotopic (exact) mass is 678 g/mol. The lowest BCUT2D eigenvalue weighted by molar-refractivity contribution is -0.139. The summed E-state index contributed by atoms with van der Waals surface area (Å²) < 4.78 is 25.8. The highest BCUT2D eigenvalue weighted by molar-refractivity contribution is 9.11. The Morgan fingerprint density at radius 1 is 1.10 bits per heavy atom. The molecule has 2 heterocycles. The van der Waals surface area contributed by atoms with Crippen LogP contribution in [0.4, 0.5) is 0 Å². The SMILES string of the molecule is CCCC1=C(C(=O)OCC)[C@H](c2cc(OC)ccc2OC)n2c(s/c(=C\c3cc(Br)cc(Br)c3OC)c2=O)=N1. The fourth-order valence-electron chi connectivity index (χ4n) is 4.51. The first kappa shape index (κ1) is 29.1. The number of ether oxygens (including phenoxy) is 4. The number of halogens is 2. The van der Waals surface area contributed by atoms with Gasteiger partial charge in [-0.15, -0.1) is 0 Å². The highest BCUT2D eigenvalue weighted by atomic mass is 79.9. The summed E-state index contributed by atoms with van der Waals surface area (Å²) in [4.78, 5) is 32.8. The molecule has 3 aromatic rings. The van der Waals surface area contributed by atoms with Crippen LogP contribution < -0.4 is 29.1 Å². The van der Waals surface area contributed by atoms with Crippen molar-refractivity contribution in [2.75, 3.05) is 27.9 Å². The Bertz CT molecular complexity index is 1630. The summed E-state index contributed by atoms with van der Waals surface area (Å²) in [6.45, 7) is 3.95. The van der Waals surface area contributed by atoms with Crippen LogP contribution in [0.3, 0.4) is 0 Å². The van der Waals surface area contributed by atoms with Gasteiger partial charge in [0, 0.05) is 15.6 Å². The summed E-state index contributed by atoms with van der Waals surface area (Å²) >= 11 is 8.28. The van der Waals surface area contributed by atoms with E-state index in [-0.39, 0.29) is 12.2 Å². The number of aromatic nitrogens is 1. The van der Waals surface area contributed by atoms with Crippen LogP contribution in [0.1, 0.15) is 43.9 Å². The number of thiazole rings is 1. The third kappa shape index (κ3) is 5.71. The number of methoxy groups -OCH3 is 3. The molecule has 1 aliphatic rings. The van der Waals surface area contributed by atoms with Gasteiger partial charge >= 0.3 is 5.97 Å². The molecule has 0 saturated heterocycles. The van der Waals surface area contributed by atoms with Crippen molar-refractivity contribution in [2.45, 2.75) is 32.7 Å². The average molecular weight is 680 g/mol. The molecule has 0 fully saturated rings. The van der Waals surface area contributed by atoms with Crippen molar-refractivity contribution in [3.63, 3.8) is 0 Å². The lowest BCUT2D eigenvalue weighted by Gasteiger charge is -2.27. The maximum absolute atomic E-state index is 14.1. The fourth-order valence-corrected chi connectivity index (χ4v) is 6.94. The van der Waals surface area contributed by atoms with Crippen molar-refractivity contribution >= 4 is 55.2 Å². The second-order valence-corrected chi connectivity index (χ2v) is 11.3. The smallest absolute Gasteiger partial charge is 0.338 e. The van der Waals surface area contributed by atoms with Crippen LogP contribution in [-0.4, -0.2) is 38.5 Å². The number of rotatable bonds is 9. The minimum atomic E-state index is -0.829. The predicted molar refractivity (Wildman–Crippen MR) is 158 cm³/mol. The van der Waals surface area contributed by atoms with Crippen molar-refractivity contribution in [3.05, 3.63) is 81.4 Å². The molecule has 11 heteroatoms. The van der Waals surface area contributed by atoms with Crippen molar-refractivity contribution in [1.29, 1.82) is 0 Å². The number of carbonyl (C=O) groups is 1. The lowest BCUT2D eigenvalue weighted by atomic mass is 9.93. The number of hydrogen-bond acceptors (Lipinski definition) is 8. The zero-order valence-electron chi connectivity index (χ0n) is 22.2. The predicted octanol–water partition coefficient (Wildman–Crippen LogP) is 5.13. The molecule has 0 radical (unpaired) electrons. The Kier molecular flexibility index (Phi) is 9.35. The Morgan fingerprint density at radius 2 is 1.87 bits per heavy atom. The van der Waals surface area contributed by atoms with Crippen LogP contribution in [0.25, 0.3) is 6.08 Å². The largest absolute Gasteiger partial charge is 0.497 e. The number of hydrogen-bond donors (Lipinski definition) is 0. The van der Waals surface area contributed by atoms with E-state index in [0.717, 1.165) is 15.4 Å². The standard InChI is InChI=1S/C28H28Br2N2O6S/c1-6-8-20-23(27(34)38-7-2)24(18-14-17(35-3)9-10-21(18)36-4)32-26(33)22(39-28(32)31-20)12-15-11-16(29)13-19(30)25(15)37-5/h9-14,24H,6-8H2,1-5H3/b22-12-/t24-/m0/s1. The third-order valence-electron chi connectivity index (χ3n) is 6.15. The first-order chi connectivity index (χ1) is 18.8. The van der Waals surface area contributed by atoms with Crippen molar-refractivity contribution in [3.8, 4) is 17.2 Å². The summed E-state index contributed by atoms with van der Waals surface area (Å²) in [7, 11) is 4.68. The molecule has 8 nitrogen and oxygen atoms in total. The van der Waals surface area contributed by atoms with Gasteiger partial charge in [0.05, 0.1) is 48.2 Å². The van der Waals surface area contributed by atoms with Gasteiger partial charge in [0.25, 0.3) is 5.56 Å². The van der Waals surface area contributed by atoms with Gasteiger partial charge in [0.2, 0.25) is 0 Å². The molecule has 2 aromatic carbocycles. The number of fused-ring (bicyclic) bond motifs is 1. The molecule has 0 saturated carbocycles. The maximum atomic E-state index is 14.1. The van der Waals surface area contributed by atoms with Crippen LogP contribution in [0, 0.1) is 0 Å². The van der Waals surface area contributed by atoms with E-state index in [0.29, 0.717) is 55.4 Å². The van der Waals surface area contributed by atoms with Crippen molar-refractivity contribution in [1.82, 2.24) is 4.57 Å². The van der Waals surface area contributed by atoms with Gasteiger partial charge in [-0.25, -0.2) is 9.79 Å². The minimum absolute atomic E-state index is 0.186. The fraction of sp³-hybridized carbons (Fsp3) is 0.321. The Morgan fingerprint density at radius 3 is 2.51 bits per heavy atom. The molecule has 0 spiro atoms. The van der Waals surface area contributed by atoms with Gasteiger partial charge in [-0.2, -0.15) is 0 Å². The van der Waals surface area contributed by atoms with Gasteiger partial charge in [-0.1, -0.05) is 40.6 Å². The van der Waals surface area contributed by atoms with E-state index in [2.05, 4.69) is 31.9 Å². The Labute approximate surface area is 246 Å². The third-order valence-corrected chi connectivity index (χ3v) is 8.18. The summed E-state index contributed by atoms with van der Waals surface area (Å²) in [6.07, 6.45) is 3.06. The van der Waals surface area contributed by atoms with E-state index in [1.54, 1.807) is 57.1 Å². The number of nitrogens with zero attached hydrogens (tertiary/aromatic N) is 2. The molecule has 1 atom stereocenters. The zero-order valence-corrected chi connectivity index (χ0v) is 26.2. The summed E-state index contributed by atoms with van der Waals surface area (Å²) in [5.74, 6) is 1.14. The molecule has 0 unspecified atom stereocenters. The van der Waals surface area contributed by atoms with Crippen LogP contribution in [0.5, 0.6) is 17.2 Å². The van der Waals surface area contributed by atoms with Gasteiger partial charge < -0.3 is 18.9 Å². The summed E-state index contributed by atoms with van der Waals surface area (Å²) in [5, 5.41) is 0. The molecule has 0 aliphatic carbocycles. The molecule has 0 N–H and O–H groups in total. The van der Waals surface area contributed by atoms with Gasteiger partial charge in [-0.05, 0) is 65.7 Å². The van der Waals surface area contributed by atoms with Crippen molar-refractivity contribution < 1.29 is 23.7 Å². The number of allylic oxidation sites excluding steroid dienone is 1. The molecular formula is C28H28Br2N2O6S. The average Bonchev–Trinajstić information content (AvgIpc) is 3.21. The Balaban J connectivity index is 2.09. The van der Waals surface area contributed by atoms with E-state index < -0.39 is 12.0 Å². The van der Waals surface area contributed by atoms with Gasteiger partial charge in [-0.3, -0.25) is 9.36 Å². The molecule has 4 rings (SSSR count). The quantitative estimate of drug-likeness (QED) is 0.292. The van der Waals surface area contributed by atoms with Crippen LogP contribution in [0.2, 0.25) is 0 Å². The second kappa shape index (κ2) is 12.5. The normalized spacial score (nSPS) is 15.1. The molecule has 0 bridgehead atoms. The molecule has 1 aliphatic heterocycles. The zero-order chi connectivity index (χ0) is 28.3. The van der Waals surface area contributed by atoms with Crippen LogP contribution >= 0.6 is 43.2 Å². The lowest BCUT2D eigenvalue weighted by Crippen LogP contribution is -2.40. The maximum Gasteiger partial charge on any atom is 0.338 e.